The number of nitrogens with one attached hydrogen (secondary N) is 1. The Hall–Kier alpha value is -1.12. The Morgan fingerprint density at radius 3 is 2.33 bits per heavy atom. The second-order valence-electron chi connectivity index (χ2n) is 5.63. The standard InChI is InChI=1S/C19H31NO/c1-5-12-18(16(7-3)8-4)20-21-19(13-6-2)17-14-10-9-11-15-17/h5,9-11,14-16,18-20H,1,6-8,12-13H2,2-4H3/t18?,19-/m1/s1. The molecule has 0 saturated heterocycles. The van der Waals surface area contributed by atoms with E-state index in [1.807, 2.05) is 12.1 Å². The highest BCUT2D eigenvalue weighted by molar-refractivity contribution is 5.17. The molecule has 1 aromatic carbocycles. The summed E-state index contributed by atoms with van der Waals surface area (Å²) in [5.74, 6) is 0.626. The molecule has 0 aliphatic rings. The maximum Gasteiger partial charge on any atom is 0.104 e. The molecule has 1 rings (SSSR count). The molecule has 118 valence electrons. The van der Waals surface area contributed by atoms with Gasteiger partial charge in [0.25, 0.3) is 0 Å². The summed E-state index contributed by atoms with van der Waals surface area (Å²) in [4.78, 5) is 6.07. The number of hydroxylamine groups is 1. The van der Waals surface area contributed by atoms with Crippen molar-refractivity contribution >= 4 is 0 Å². The van der Waals surface area contributed by atoms with Crippen LogP contribution in [-0.2, 0) is 4.84 Å². The van der Waals surface area contributed by atoms with Gasteiger partial charge in [0.1, 0.15) is 6.10 Å². The van der Waals surface area contributed by atoms with Crippen molar-refractivity contribution in [3.8, 4) is 0 Å². The number of hydrogen-bond donors (Lipinski definition) is 1. The molecule has 0 bridgehead atoms. The normalized spacial score (nSPS) is 14.1. The van der Waals surface area contributed by atoms with Crippen LogP contribution in [0.4, 0.5) is 0 Å². The average Bonchev–Trinajstić information content (AvgIpc) is 2.53. The Balaban J connectivity index is 2.67. The molecule has 0 radical (unpaired) electrons. The molecule has 0 spiro atoms. The van der Waals surface area contributed by atoms with Gasteiger partial charge in [-0.15, -0.1) is 6.58 Å². The van der Waals surface area contributed by atoms with Crippen molar-refractivity contribution < 1.29 is 4.84 Å². The fourth-order valence-corrected chi connectivity index (χ4v) is 2.77. The monoisotopic (exact) mass is 289 g/mol. The fourth-order valence-electron chi connectivity index (χ4n) is 2.77. The zero-order valence-corrected chi connectivity index (χ0v) is 13.8. The first-order valence-corrected chi connectivity index (χ1v) is 8.33. The lowest BCUT2D eigenvalue weighted by Crippen LogP contribution is -2.36. The number of benzene rings is 1. The van der Waals surface area contributed by atoms with E-state index >= 15 is 0 Å². The summed E-state index contributed by atoms with van der Waals surface area (Å²) >= 11 is 0. The van der Waals surface area contributed by atoms with E-state index in [4.69, 9.17) is 4.84 Å². The third-order valence-electron chi connectivity index (χ3n) is 4.12. The van der Waals surface area contributed by atoms with Gasteiger partial charge in [0.2, 0.25) is 0 Å². The lowest BCUT2D eigenvalue weighted by Gasteiger charge is -2.28. The smallest absolute Gasteiger partial charge is 0.104 e. The molecule has 0 aliphatic heterocycles. The van der Waals surface area contributed by atoms with E-state index in [1.165, 1.54) is 5.56 Å². The van der Waals surface area contributed by atoms with Crippen LogP contribution in [-0.4, -0.2) is 6.04 Å². The first-order valence-electron chi connectivity index (χ1n) is 8.33. The van der Waals surface area contributed by atoms with Crippen molar-refractivity contribution in [2.45, 2.75) is 65.0 Å². The first kappa shape index (κ1) is 17.9. The Morgan fingerprint density at radius 2 is 1.81 bits per heavy atom. The van der Waals surface area contributed by atoms with Crippen molar-refractivity contribution in [1.82, 2.24) is 5.48 Å². The molecule has 0 heterocycles. The average molecular weight is 289 g/mol. The topological polar surface area (TPSA) is 21.3 Å². The molecule has 1 N–H and O–H groups in total. The molecule has 2 atom stereocenters. The molecule has 0 amide bonds. The van der Waals surface area contributed by atoms with Gasteiger partial charge in [0.15, 0.2) is 0 Å². The highest BCUT2D eigenvalue weighted by atomic mass is 16.7. The molecule has 0 saturated carbocycles. The van der Waals surface area contributed by atoms with Crippen LogP contribution in [0.2, 0.25) is 0 Å². The van der Waals surface area contributed by atoms with Gasteiger partial charge in [-0.1, -0.05) is 76.4 Å². The highest BCUT2D eigenvalue weighted by Crippen LogP contribution is 2.23. The lowest BCUT2D eigenvalue weighted by molar-refractivity contribution is -0.0601. The van der Waals surface area contributed by atoms with E-state index in [2.05, 4.69) is 57.1 Å². The van der Waals surface area contributed by atoms with Crippen molar-refractivity contribution in [3.05, 3.63) is 48.6 Å². The molecule has 0 fully saturated rings. The molecule has 1 aromatic rings. The quantitative estimate of drug-likeness (QED) is 0.433. The molecular formula is C19H31NO. The fraction of sp³-hybridized carbons (Fsp3) is 0.579. The summed E-state index contributed by atoms with van der Waals surface area (Å²) in [6.45, 7) is 10.6. The van der Waals surface area contributed by atoms with Crippen LogP contribution >= 0.6 is 0 Å². The maximum absolute atomic E-state index is 6.07. The summed E-state index contributed by atoms with van der Waals surface area (Å²) in [6, 6.07) is 10.8. The van der Waals surface area contributed by atoms with Gasteiger partial charge < -0.3 is 0 Å². The van der Waals surface area contributed by atoms with E-state index in [-0.39, 0.29) is 6.10 Å². The van der Waals surface area contributed by atoms with Gasteiger partial charge in [-0.3, -0.25) is 4.84 Å². The largest absolute Gasteiger partial charge is 0.293 e. The zero-order valence-electron chi connectivity index (χ0n) is 13.8. The van der Waals surface area contributed by atoms with Crippen LogP contribution < -0.4 is 5.48 Å². The van der Waals surface area contributed by atoms with Crippen LogP contribution in [0.25, 0.3) is 0 Å². The highest BCUT2D eigenvalue weighted by Gasteiger charge is 2.19. The molecule has 1 unspecified atom stereocenters. The van der Waals surface area contributed by atoms with E-state index in [0.29, 0.717) is 12.0 Å². The Morgan fingerprint density at radius 1 is 1.14 bits per heavy atom. The van der Waals surface area contributed by atoms with Gasteiger partial charge in [0.05, 0.1) is 0 Å². The van der Waals surface area contributed by atoms with Crippen LogP contribution in [0, 0.1) is 5.92 Å². The van der Waals surface area contributed by atoms with Crippen LogP contribution in [0.1, 0.15) is 64.5 Å². The second-order valence-corrected chi connectivity index (χ2v) is 5.63. The summed E-state index contributed by atoms with van der Waals surface area (Å²) in [5, 5.41) is 0. The predicted octanol–water partition coefficient (Wildman–Crippen LogP) is 5.43. The van der Waals surface area contributed by atoms with Gasteiger partial charge in [-0.2, -0.15) is 5.48 Å². The summed E-state index contributed by atoms with van der Waals surface area (Å²) in [7, 11) is 0. The van der Waals surface area contributed by atoms with Gasteiger partial charge in [-0.25, -0.2) is 0 Å². The minimum atomic E-state index is 0.123. The molecule has 21 heavy (non-hydrogen) atoms. The van der Waals surface area contributed by atoms with E-state index in [1.54, 1.807) is 0 Å². The molecule has 2 heteroatoms. The summed E-state index contributed by atoms with van der Waals surface area (Å²) in [6.07, 6.45) is 7.51. The maximum atomic E-state index is 6.07. The summed E-state index contributed by atoms with van der Waals surface area (Å²) < 4.78 is 0. The molecule has 0 aromatic heterocycles. The summed E-state index contributed by atoms with van der Waals surface area (Å²) in [5.41, 5.74) is 4.58. The SMILES string of the molecule is C=CCC(NO[C@H](CCC)c1ccccc1)C(CC)CC. The minimum Gasteiger partial charge on any atom is -0.293 e. The number of hydrogen-bond acceptors (Lipinski definition) is 2. The first-order chi connectivity index (χ1) is 10.3. The van der Waals surface area contributed by atoms with Gasteiger partial charge in [0, 0.05) is 6.04 Å². The van der Waals surface area contributed by atoms with Crippen LogP contribution in [0.5, 0.6) is 0 Å². The van der Waals surface area contributed by atoms with Crippen molar-refractivity contribution in [1.29, 1.82) is 0 Å². The van der Waals surface area contributed by atoms with E-state index < -0.39 is 0 Å². The molecule has 0 aliphatic carbocycles. The van der Waals surface area contributed by atoms with Crippen LogP contribution in [0.3, 0.4) is 0 Å². The van der Waals surface area contributed by atoms with Gasteiger partial charge in [-0.05, 0) is 24.3 Å². The van der Waals surface area contributed by atoms with Crippen molar-refractivity contribution in [2.75, 3.05) is 0 Å². The lowest BCUT2D eigenvalue weighted by atomic mass is 9.92. The Kier molecular flexibility index (Phi) is 9.04. The third kappa shape index (κ3) is 6.03. The zero-order chi connectivity index (χ0) is 15.5. The minimum absolute atomic E-state index is 0.123. The number of rotatable bonds is 11. The van der Waals surface area contributed by atoms with Gasteiger partial charge >= 0.3 is 0 Å². The van der Waals surface area contributed by atoms with E-state index in [0.717, 1.165) is 32.1 Å². The predicted molar refractivity (Wildman–Crippen MR) is 91.0 cm³/mol. The molecular weight excluding hydrogens is 258 g/mol. The third-order valence-corrected chi connectivity index (χ3v) is 4.12. The van der Waals surface area contributed by atoms with E-state index in [9.17, 15) is 0 Å². The van der Waals surface area contributed by atoms with Crippen LogP contribution in [0.15, 0.2) is 43.0 Å². The Labute approximate surface area is 130 Å². The van der Waals surface area contributed by atoms with Crippen molar-refractivity contribution in [2.24, 2.45) is 5.92 Å². The Bertz CT molecular complexity index is 372. The van der Waals surface area contributed by atoms with Crippen molar-refractivity contribution in [3.63, 3.8) is 0 Å². The second kappa shape index (κ2) is 10.6. The molecule has 2 nitrogen and oxygen atoms in total.